The van der Waals surface area contributed by atoms with Crippen molar-refractivity contribution in [1.82, 2.24) is 0 Å². The number of carboxylic acid groups (broad SMARTS) is 1. The predicted octanol–water partition coefficient (Wildman–Crippen LogP) is 2.34. The van der Waals surface area contributed by atoms with Crippen LogP contribution in [0.1, 0.15) is 12.0 Å². The van der Waals surface area contributed by atoms with Gasteiger partial charge in [0.05, 0.1) is 11.8 Å². The van der Waals surface area contributed by atoms with Crippen molar-refractivity contribution in [2.75, 3.05) is 11.4 Å². The summed E-state index contributed by atoms with van der Waals surface area (Å²) in [5.74, 6) is -0.520. The van der Waals surface area contributed by atoms with Crippen molar-refractivity contribution >= 4 is 17.6 Å². The lowest BCUT2D eigenvalue weighted by Gasteiger charge is -2.43. The third-order valence-corrected chi connectivity index (χ3v) is 6.38. The van der Waals surface area contributed by atoms with Crippen LogP contribution in [0.25, 0.3) is 0 Å². The maximum atomic E-state index is 13.3. The second-order valence-electron chi connectivity index (χ2n) is 7.36. The Balaban J connectivity index is 1.52. The highest BCUT2D eigenvalue weighted by atomic mass is 16.4. The van der Waals surface area contributed by atoms with Crippen LogP contribution in [0.2, 0.25) is 0 Å². The molecule has 6 rings (SSSR count). The molecular weight excluding hydrogens is 290 g/mol. The van der Waals surface area contributed by atoms with Gasteiger partial charge in [-0.15, -0.1) is 0 Å². The van der Waals surface area contributed by atoms with Gasteiger partial charge in [-0.05, 0) is 48.1 Å². The zero-order valence-corrected chi connectivity index (χ0v) is 12.8. The van der Waals surface area contributed by atoms with Crippen LogP contribution in [-0.4, -0.2) is 23.5 Å². The largest absolute Gasteiger partial charge is 0.481 e. The molecule has 4 nitrogen and oxygen atoms in total. The fourth-order valence-corrected chi connectivity index (χ4v) is 5.30. The first-order valence-corrected chi connectivity index (χ1v) is 8.47. The highest BCUT2D eigenvalue weighted by Crippen LogP contribution is 2.64. The molecule has 1 aliphatic heterocycles. The van der Waals surface area contributed by atoms with Crippen LogP contribution in [0.15, 0.2) is 36.4 Å². The number of carbonyl (C=O) groups is 2. The molecule has 4 heteroatoms. The van der Waals surface area contributed by atoms with E-state index >= 15 is 0 Å². The molecule has 1 aromatic carbocycles. The number of para-hydroxylation sites is 1. The molecule has 0 radical (unpaired) electrons. The van der Waals surface area contributed by atoms with Crippen molar-refractivity contribution in [1.29, 1.82) is 0 Å². The third kappa shape index (κ3) is 1.72. The summed E-state index contributed by atoms with van der Waals surface area (Å²) in [5, 5.41) is 9.75. The van der Waals surface area contributed by atoms with Gasteiger partial charge >= 0.3 is 5.97 Å². The van der Waals surface area contributed by atoms with Crippen molar-refractivity contribution < 1.29 is 14.7 Å². The molecule has 1 aromatic rings. The first-order chi connectivity index (χ1) is 11.2. The number of nitrogens with zero attached hydrogens (tertiary/aromatic N) is 1. The van der Waals surface area contributed by atoms with E-state index < -0.39 is 17.8 Å². The number of benzene rings is 1. The standard InChI is InChI=1S/C19H19NO3/c21-18(20-8-7-10-3-1-2-4-15(10)20)16-11-5-6-12(14-9-13(11)14)17(16)19(22)23/h1-6,11-14,16-17H,7-9H2,(H,22,23)/t11-,12-,13-,14-,16+,17+/m1/s1. The van der Waals surface area contributed by atoms with Gasteiger partial charge in [-0.25, -0.2) is 0 Å². The zero-order valence-electron chi connectivity index (χ0n) is 12.8. The monoisotopic (exact) mass is 309 g/mol. The van der Waals surface area contributed by atoms with Gasteiger partial charge in [-0.2, -0.15) is 0 Å². The minimum Gasteiger partial charge on any atom is -0.481 e. The quantitative estimate of drug-likeness (QED) is 0.853. The van der Waals surface area contributed by atoms with E-state index in [-0.39, 0.29) is 17.7 Å². The molecule has 0 unspecified atom stereocenters. The smallest absolute Gasteiger partial charge is 0.307 e. The molecule has 2 bridgehead atoms. The van der Waals surface area contributed by atoms with E-state index in [0.29, 0.717) is 18.4 Å². The molecule has 1 heterocycles. The second-order valence-corrected chi connectivity index (χ2v) is 7.36. The SMILES string of the molecule is O=C(O)[C@H]1[C@@H]2C=C[C@H]([C@H]3C[C@H]23)[C@@H]1C(=O)N1CCc2ccccc21. The molecular formula is C19H19NO3. The number of allylic oxidation sites excluding steroid dienone is 2. The predicted molar refractivity (Wildman–Crippen MR) is 84.8 cm³/mol. The molecule has 2 saturated carbocycles. The first kappa shape index (κ1) is 13.3. The molecule has 0 aromatic heterocycles. The van der Waals surface area contributed by atoms with Crippen LogP contribution in [-0.2, 0) is 16.0 Å². The van der Waals surface area contributed by atoms with E-state index in [1.54, 1.807) is 0 Å². The molecule has 6 atom stereocenters. The van der Waals surface area contributed by atoms with Crippen LogP contribution < -0.4 is 4.90 Å². The average Bonchev–Trinajstić information content (AvgIpc) is 3.28. The van der Waals surface area contributed by atoms with E-state index in [0.717, 1.165) is 18.5 Å². The van der Waals surface area contributed by atoms with Gasteiger partial charge in [0.25, 0.3) is 0 Å². The van der Waals surface area contributed by atoms with Gasteiger partial charge in [0, 0.05) is 12.2 Å². The van der Waals surface area contributed by atoms with Crippen LogP contribution in [0.5, 0.6) is 0 Å². The number of rotatable bonds is 2. The van der Waals surface area contributed by atoms with E-state index in [1.165, 1.54) is 5.56 Å². The first-order valence-electron chi connectivity index (χ1n) is 8.47. The van der Waals surface area contributed by atoms with Crippen molar-refractivity contribution in [2.45, 2.75) is 12.8 Å². The van der Waals surface area contributed by atoms with Crippen LogP contribution in [0.3, 0.4) is 0 Å². The summed E-state index contributed by atoms with van der Waals surface area (Å²) in [4.78, 5) is 27.0. The maximum Gasteiger partial charge on any atom is 0.307 e. The Hall–Kier alpha value is -2.10. The maximum absolute atomic E-state index is 13.3. The number of aliphatic carboxylic acids is 1. The number of amides is 1. The summed E-state index contributed by atoms with van der Waals surface area (Å²) in [6.07, 6.45) is 6.15. The van der Waals surface area contributed by atoms with Crippen molar-refractivity contribution in [2.24, 2.45) is 35.5 Å². The van der Waals surface area contributed by atoms with E-state index in [9.17, 15) is 14.7 Å². The Morgan fingerprint density at radius 3 is 2.48 bits per heavy atom. The Morgan fingerprint density at radius 2 is 1.74 bits per heavy atom. The van der Waals surface area contributed by atoms with Gasteiger partial charge in [0.2, 0.25) is 5.91 Å². The summed E-state index contributed by atoms with van der Waals surface area (Å²) >= 11 is 0. The van der Waals surface area contributed by atoms with Gasteiger partial charge in [-0.3, -0.25) is 9.59 Å². The van der Waals surface area contributed by atoms with Gasteiger partial charge in [0.15, 0.2) is 0 Å². The number of hydrogen-bond donors (Lipinski definition) is 1. The fraction of sp³-hybridized carbons (Fsp3) is 0.474. The molecule has 1 amide bonds. The Kier molecular flexibility index (Phi) is 2.59. The lowest BCUT2D eigenvalue weighted by atomic mass is 9.62. The van der Waals surface area contributed by atoms with Crippen molar-refractivity contribution in [3.8, 4) is 0 Å². The zero-order chi connectivity index (χ0) is 15.7. The molecule has 4 aliphatic carbocycles. The molecule has 23 heavy (non-hydrogen) atoms. The van der Waals surface area contributed by atoms with Gasteiger partial charge in [0.1, 0.15) is 0 Å². The Bertz CT molecular complexity index is 740. The summed E-state index contributed by atoms with van der Waals surface area (Å²) in [6, 6.07) is 7.98. The Labute approximate surface area is 134 Å². The van der Waals surface area contributed by atoms with Crippen LogP contribution in [0.4, 0.5) is 5.69 Å². The number of carboxylic acids is 1. The molecule has 0 spiro atoms. The fourth-order valence-electron chi connectivity index (χ4n) is 5.30. The van der Waals surface area contributed by atoms with Crippen LogP contribution in [0, 0.1) is 35.5 Å². The lowest BCUT2D eigenvalue weighted by molar-refractivity contribution is -0.152. The normalized spacial score (nSPS) is 39.0. The minimum absolute atomic E-state index is 0.0204. The minimum atomic E-state index is -0.805. The number of hydrogen-bond acceptors (Lipinski definition) is 2. The molecule has 1 N–H and O–H groups in total. The molecule has 118 valence electrons. The van der Waals surface area contributed by atoms with Gasteiger partial charge in [-0.1, -0.05) is 30.4 Å². The lowest BCUT2D eigenvalue weighted by Crippen LogP contribution is -2.51. The van der Waals surface area contributed by atoms with Crippen molar-refractivity contribution in [3.63, 3.8) is 0 Å². The topological polar surface area (TPSA) is 57.6 Å². The summed E-state index contributed by atoms with van der Waals surface area (Å²) in [6.45, 7) is 0.677. The average molecular weight is 309 g/mol. The third-order valence-electron chi connectivity index (χ3n) is 6.38. The number of carbonyl (C=O) groups excluding carboxylic acids is 1. The van der Waals surface area contributed by atoms with Gasteiger partial charge < -0.3 is 10.0 Å². The number of fused-ring (bicyclic) bond motifs is 2. The van der Waals surface area contributed by atoms with E-state index in [2.05, 4.69) is 18.2 Å². The summed E-state index contributed by atoms with van der Waals surface area (Å²) < 4.78 is 0. The van der Waals surface area contributed by atoms with Crippen LogP contribution >= 0.6 is 0 Å². The Morgan fingerprint density at radius 1 is 1.04 bits per heavy atom. The highest BCUT2D eigenvalue weighted by Gasteiger charge is 2.63. The summed E-state index contributed by atoms with van der Waals surface area (Å²) in [5.41, 5.74) is 2.16. The summed E-state index contributed by atoms with van der Waals surface area (Å²) in [7, 11) is 0. The second kappa shape index (κ2) is 4.47. The van der Waals surface area contributed by atoms with Crippen molar-refractivity contribution in [3.05, 3.63) is 42.0 Å². The highest BCUT2D eigenvalue weighted by molar-refractivity contribution is 5.99. The van der Waals surface area contributed by atoms with E-state index in [4.69, 9.17) is 0 Å². The molecule has 0 saturated heterocycles. The number of anilines is 1. The van der Waals surface area contributed by atoms with E-state index in [1.807, 2.05) is 23.1 Å². The molecule has 5 aliphatic rings. The molecule has 2 fully saturated rings.